The molecule has 0 aliphatic rings. The normalized spacial score (nSPS) is 13.5. The lowest BCUT2D eigenvalue weighted by Crippen LogP contribution is -2.13. The van der Waals surface area contributed by atoms with E-state index in [1.807, 2.05) is 6.92 Å². The molecule has 0 amide bonds. The Balaban J connectivity index is 2.34. The predicted molar refractivity (Wildman–Crippen MR) is 71.7 cm³/mol. The zero-order valence-electron chi connectivity index (χ0n) is 11.3. The first-order chi connectivity index (χ1) is 9.68. The van der Waals surface area contributed by atoms with Crippen molar-refractivity contribution >= 4 is 11.3 Å². The van der Waals surface area contributed by atoms with Crippen LogP contribution in [0.25, 0.3) is 0 Å². The molecule has 1 aromatic heterocycles. The Bertz CT molecular complexity index is 631. The zero-order chi connectivity index (χ0) is 15.8. The Morgan fingerprint density at radius 3 is 2.48 bits per heavy atom. The molecular weight excluding hydrogens is 306 g/mol. The largest absolute Gasteiger partial charge is 0.416 e. The number of aromatic nitrogens is 1. The van der Waals surface area contributed by atoms with Gasteiger partial charge in [-0.05, 0) is 37.6 Å². The lowest BCUT2D eigenvalue weighted by atomic mass is 9.99. The minimum atomic E-state index is -4.64. The molecule has 2 nitrogen and oxygen atoms in total. The Labute approximate surface area is 123 Å². The molecule has 1 aromatic carbocycles. The number of alkyl halides is 3. The number of thiazole rings is 1. The number of aliphatic hydroxyl groups is 1. The molecule has 7 heteroatoms. The van der Waals surface area contributed by atoms with E-state index in [0.29, 0.717) is 11.1 Å². The number of aryl methyl sites for hydroxylation is 2. The molecule has 114 valence electrons. The van der Waals surface area contributed by atoms with Gasteiger partial charge in [0.2, 0.25) is 0 Å². The van der Waals surface area contributed by atoms with Crippen LogP contribution in [0.5, 0.6) is 0 Å². The van der Waals surface area contributed by atoms with Crippen molar-refractivity contribution in [2.45, 2.75) is 32.5 Å². The molecule has 1 N–H and O–H groups in total. The van der Waals surface area contributed by atoms with Crippen LogP contribution in [-0.2, 0) is 12.6 Å². The van der Waals surface area contributed by atoms with E-state index in [0.717, 1.165) is 22.7 Å². The molecule has 0 bridgehead atoms. The highest BCUT2D eigenvalue weighted by molar-refractivity contribution is 7.11. The third-order valence-electron chi connectivity index (χ3n) is 3.12. The lowest BCUT2D eigenvalue weighted by molar-refractivity contribution is -0.139. The summed E-state index contributed by atoms with van der Waals surface area (Å²) in [6.45, 7) is 3.62. The first kappa shape index (κ1) is 15.9. The van der Waals surface area contributed by atoms with Gasteiger partial charge in [-0.2, -0.15) is 13.2 Å². The fraction of sp³-hybridized carbons (Fsp3) is 0.357. The minimum absolute atomic E-state index is 0.0775. The quantitative estimate of drug-likeness (QED) is 0.860. The molecule has 2 rings (SSSR count). The number of halogens is 4. The lowest BCUT2D eigenvalue weighted by Gasteiger charge is -2.17. The maximum Gasteiger partial charge on any atom is 0.416 e. The molecule has 21 heavy (non-hydrogen) atoms. The fourth-order valence-electron chi connectivity index (χ4n) is 1.97. The van der Waals surface area contributed by atoms with Crippen LogP contribution in [0.4, 0.5) is 17.6 Å². The van der Waals surface area contributed by atoms with E-state index in [2.05, 4.69) is 4.98 Å². The molecule has 0 radical (unpaired) electrons. The molecular formula is C14H13F4NOS. The molecule has 0 spiro atoms. The number of hydrogen-bond acceptors (Lipinski definition) is 3. The summed E-state index contributed by atoms with van der Waals surface area (Å²) in [6, 6.07) is 2.10. The molecule has 1 atom stereocenters. The Kier molecular flexibility index (Phi) is 4.34. The highest BCUT2D eigenvalue weighted by atomic mass is 32.1. The van der Waals surface area contributed by atoms with Gasteiger partial charge in [-0.1, -0.05) is 0 Å². The van der Waals surface area contributed by atoms with Crippen molar-refractivity contribution in [3.05, 3.63) is 50.7 Å². The van der Waals surface area contributed by atoms with Crippen molar-refractivity contribution < 1.29 is 22.7 Å². The van der Waals surface area contributed by atoms with E-state index in [9.17, 15) is 22.7 Å². The maximum absolute atomic E-state index is 13.2. The van der Waals surface area contributed by atoms with E-state index < -0.39 is 29.2 Å². The predicted octanol–water partition coefficient (Wildman–Crippen LogP) is 4.19. The van der Waals surface area contributed by atoms with Crippen LogP contribution >= 0.6 is 11.3 Å². The molecule has 1 heterocycles. The third-order valence-corrected chi connectivity index (χ3v) is 4.21. The van der Waals surface area contributed by atoms with Gasteiger partial charge < -0.3 is 5.11 Å². The summed E-state index contributed by atoms with van der Waals surface area (Å²) in [7, 11) is 0. The average Bonchev–Trinajstić information content (AvgIpc) is 2.66. The molecule has 0 aliphatic heterocycles. The van der Waals surface area contributed by atoms with Crippen LogP contribution < -0.4 is 0 Å². The van der Waals surface area contributed by atoms with Crippen molar-refractivity contribution in [3.63, 3.8) is 0 Å². The fourth-order valence-corrected chi connectivity index (χ4v) is 2.94. The smallest absolute Gasteiger partial charge is 0.388 e. The van der Waals surface area contributed by atoms with Crippen molar-refractivity contribution in [1.29, 1.82) is 0 Å². The van der Waals surface area contributed by atoms with Crippen LogP contribution in [0.1, 0.15) is 32.8 Å². The van der Waals surface area contributed by atoms with E-state index in [1.54, 1.807) is 6.92 Å². The Morgan fingerprint density at radius 1 is 1.29 bits per heavy atom. The summed E-state index contributed by atoms with van der Waals surface area (Å²) < 4.78 is 51.9. The number of hydrogen-bond donors (Lipinski definition) is 1. The van der Waals surface area contributed by atoms with Gasteiger partial charge in [0.25, 0.3) is 0 Å². The van der Waals surface area contributed by atoms with Crippen LogP contribution in [0.3, 0.4) is 0 Å². The van der Waals surface area contributed by atoms with E-state index in [4.69, 9.17) is 0 Å². The first-order valence-electron chi connectivity index (χ1n) is 6.16. The molecule has 2 aromatic rings. The zero-order valence-corrected chi connectivity index (χ0v) is 12.1. The molecule has 0 saturated heterocycles. The number of aliphatic hydroxyl groups excluding tert-OH is 1. The Hall–Kier alpha value is -1.47. The van der Waals surface area contributed by atoms with Crippen LogP contribution in [0, 0.1) is 19.7 Å². The van der Waals surface area contributed by atoms with Gasteiger partial charge in [0, 0.05) is 11.3 Å². The SMILES string of the molecule is Cc1nc(CC(O)c2cc(F)ccc2C(F)(F)F)sc1C. The number of benzene rings is 1. The van der Waals surface area contributed by atoms with Gasteiger partial charge in [0.05, 0.1) is 22.4 Å². The maximum atomic E-state index is 13.2. The van der Waals surface area contributed by atoms with Gasteiger partial charge in [0.1, 0.15) is 5.82 Å². The third kappa shape index (κ3) is 3.59. The van der Waals surface area contributed by atoms with Crippen LogP contribution in [0.15, 0.2) is 18.2 Å². The second kappa shape index (κ2) is 5.73. The highest BCUT2D eigenvalue weighted by Crippen LogP contribution is 2.36. The molecule has 0 aliphatic carbocycles. The average molecular weight is 319 g/mol. The van der Waals surface area contributed by atoms with Gasteiger partial charge >= 0.3 is 6.18 Å². The van der Waals surface area contributed by atoms with Gasteiger partial charge in [-0.25, -0.2) is 9.37 Å². The molecule has 0 fully saturated rings. The van der Waals surface area contributed by atoms with E-state index >= 15 is 0 Å². The summed E-state index contributed by atoms with van der Waals surface area (Å²) >= 11 is 1.31. The summed E-state index contributed by atoms with van der Waals surface area (Å²) in [5, 5.41) is 10.6. The summed E-state index contributed by atoms with van der Waals surface area (Å²) in [5.74, 6) is -0.816. The van der Waals surface area contributed by atoms with Crippen molar-refractivity contribution in [2.24, 2.45) is 0 Å². The second-order valence-corrected chi connectivity index (χ2v) is 5.99. The summed E-state index contributed by atoms with van der Waals surface area (Å²) in [4.78, 5) is 5.11. The topological polar surface area (TPSA) is 33.1 Å². The van der Waals surface area contributed by atoms with Crippen molar-refractivity contribution in [3.8, 4) is 0 Å². The standard InChI is InChI=1S/C14H13F4NOS/c1-7-8(2)21-13(19-7)6-12(20)10-5-9(15)3-4-11(10)14(16,17)18/h3-5,12,20H,6H2,1-2H3. The van der Waals surface area contributed by atoms with Crippen LogP contribution in [0.2, 0.25) is 0 Å². The number of rotatable bonds is 3. The van der Waals surface area contributed by atoms with E-state index in [-0.39, 0.29) is 6.42 Å². The molecule has 1 unspecified atom stereocenters. The van der Waals surface area contributed by atoms with Crippen LogP contribution in [-0.4, -0.2) is 10.1 Å². The summed E-state index contributed by atoms with van der Waals surface area (Å²) in [6.07, 6.45) is -6.17. The summed E-state index contributed by atoms with van der Waals surface area (Å²) in [5.41, 5.74) is -0.716. The van der Waals surface area contributed by atoms with Gasteiger partial charge in [0.15, 0.2) is 0 Å². The Morgan fingerprint density at radius 2 is 1.95 bits per heavy atom. The highest BCUT2D eigenvalue weighted by Gasteiger charge is 2.35. The second-order valence-electron chi connectivity index (χ2n) is 4.70. The van der Waals surface area contributed by atoms with Crippen molar-refractivity contribution in [2.75, 3.05) is 0 Å². The minimum Gasteiger partial charge on any atom is -0.388 e. The first-order valence-corrected chi connectivity index (χ1v) is 6.97. The van der Waals surface area contributed by atoms with E-state index in [1.165, 1.54) is 11.3 Å². The van der Waals surface area contributed by atoms with Gasteiger partial charge in [-0.15, -0.1) is 11.3 Å². The van der Waals surface area contributed by atoms with Crippen molar-refractivity contribution in [1.82, 2.24) is 4.98 Å². The van der Waals surface area contributed by atoms with Gasteiger partial charge in [-0.3, -0.25) is 0 Å². The molecule has 0 saturated carbocycles. The monoisotopic (exact) mass is 319 g/mol. The number of nitrogens with zero attached hydrogens (tertiary/aromatic N) is 1.